The zero-order valence-electron chi connectivity index (χ0n) is 18.0. The maximum atomic E-state index is 13.1. The Morgan fingerprint density at radius 1 is 1.03 bits per heavy atom. The van der Waals surface area contributed by atoms with Crippen LogP contribution >= 0.6 is 11.3 Å². The molecule has 5 rings (SSSR count). The Hall–Kier alpha value is -3.82. The monoisotopic (exact) mass is 489 g/mol. The van der Waals surface area contributed by atoms with Crippen LogP contribution in [0.15, 0.2) is 87.5 Å². The number of aromatic hydroxyl groups is 1. The van der Waals surface area contributed by atoms with Crippen LogP contribution in [0, 0.1) is 0 Å². The van der Waals surface area contributed by atoms with Gasteiger partial charge in [-0.25, -0.2) is 18.4 Å². The Morgan fingerprint density at radius 3 is 2.47 bits per heavy atom. The number of fused-ring (bicyclic) bond motifs is 2. The summed E-state index contributed by atoms with van der Waals surface area (Å²) >= 11 is 1.24. The highest BCUT2D eigenvalue weighted by atomic mass is 32.2. The van der Waals surface area contributed by atoms with Crippen molar-refractivity contribution in [2.45, 2.75) is 11.4 Å². The summed E-state index contributed by atoms with van der Waals surface area (Å²) in [6, 6.07) is 21.2. The van der Waals surface area contributed by atoms with E-state index in [2.05, 4.69) is 9.98 Å². The van der Waals surface area contributed by atoms with Gasteiger partial charge in [0.15, 0.2) is 9.84 Å². The number of hydrogen-bond donors (Lipinski definition) is 1. The molecule has 0 saturated heterocycles. The van der Waals surface area contributed by atoms with Crippen LogP contribution in [0.2, 0.25) is 0 Å². The van der Waals surface area contributed by atoms with Crippen molar-refractivity contribution in [2.24, 2.45) is 4.99 Å². The predicted octanol–water partition coefficient (Wildman–Crippen LogP) is 4.52. The van der Waals surface area contributed by atoms with Gasteiger partial charge in [-0.15, -0.1) is 0 Å². The third kappa shape index (κ3) is 4.11. The van der Waals surface area contributed by atoms with Crippen LogP contribution in [0.25, 0.3) is 21.0 Å². The van der Waals surface area contributed by atoms with E-state index in [4.69, 9.17) is 0 Å². The Labute approximate surface area is 199 Å². The standard InChI is InChI=1S/C25H19N3O4S2/c1-34(31,32)17-11-12-21-22(13-17)33-25(27-21)26-14-20-18-9-5-6-10-19(18)23(29)28(24(20)30)15-16-7-3-2-4-8-16/h2-14,30H,15H2,1H3/b26-14+. The van der Waals surface area contributed by atoms with E-state index in [-0.39, 0.29) is 22.9 Å². The molecule has 0 fully saturated rings. The molecule has 34 heavy (non-hydrogen) atoms. The SMILES string of the molecule is CS(=O)(=O)c1ccc2nc(/N=C/c3c(O)n(Cc4ccccc4)c(=O)c4ccccc34)sc2c1. The number of rotatable bonds is 5. The van der Waals surface area contributed by atoms with Crippen molar-refractivity contribution < 1.29 is 13.5 Å². The van der Waals surface area contributed by atoms with Crippen LogP contribution in [0.4, 0.5) is 5.13 Å². The van der Waals surface area contributed by atoms with Gasteiger partial charge >= 0.3 is 0 Å². The van der Waals surface area contributed by atoms with Gasteiger partial charge in [0.25, 0.3) is 5.56 Å². The second-order valence-corrected chi connectivity index (χ2v) is 10.8. The van der Waals surface area contributed by atoms with Gasteiger partial charge in [0, 0.05) is 23.2 Å². The third-order valence-electron chi connectivity index (χ3n) is 5.45. The lowest BCUT2D eigenvalue weighted by Gasteiger charge is -2.13. The zero-order valence-corrected chi connectivity index (χ0v) is 19.7. The molecular weight excluding hydrogens is 470 g/mol. The number of hydrogen-bond acceptors (Lipinski definition) is 7. The Morgan fingerprint density at radius 2 is 1.74 bits per heavy atom. The van der Waals surface area contributed by atoms with Crippen molar-refractivity contribution in [2.75, 3.05) is 6.26 Å². The van der Waals surface area contributed by atoms with Gasteiger partial charge in [0.2, 0.25) is 11.0 Å². The largest absolute Gasteiger partial charge is 0.494 e. The number of nitrogens with zero attached hydrogens (tertiary/aromatic N) is 3. The first kappa shape index (κ1) is 22.0. The second kappa shape index (κ2) is 8.51. The van der Waals surface area contributed by atoms with Crippen LogP contribution < -0.4 is 5.56 Å². The highest BCUT2D eigenvalue weighted by Gasteiger charge is 2.16. The van der Waals surface area contributed by atoms with Crippen LogP contribution in [0.3, 0.4) is 0 Å². The van der Waals surface area contributed by atoms with Crippen molar-refractivity contribution in [1.29, 1.82) is 0 Å². The zero-order chi connectivity index (χ0) is 23.9. The molecule has 5 aromatic rings. The lowest BCUT2D eigenvalue weighted by atomic mass is 10.1. The summed E-state index contributed by atoms with van der Waals surface area (Å²) in [5.41, 5.74) is 1.63. The maximum Gasteiger partial charge on any atom is 0.261 e. The summed E-state index contributed by atoms with van der Waals surface area (Å²) in [5, 5.41) is 12.5. The summed E-state index contributed by atoms with van der Waals surface area (Å²) < 4.78 is 25.7. The smallest absolute Gasteiger partial charge is 0.261 e. The van der Waals surface area contributed by atoms with Crippen molar-refractivity contribution in [3.63, 3.8) is 0 Å². The number of sulfone groups is 1. The molecule has 2 aromatic heterocycles. The van der Waals surface area contributed by atoms with E-state index in [1.54, 1.807) is 36.4 Å². The lowest BCUT2D eigenvalue weighted by molar-refractivity contribution is 0.416. The highest BCUT2D eigenvalue weighted by Crippen LogP contribution is 2.31. The molecule has 9 heteroatoms. The van der Waals surface area contributed by atoms with Crippen molar-refractivity contribution >= 4 is 53.5 Å². The number of thiazole rings is 1. The molecule has 2 heterocycles. The number of aliphatic imine (C=N–C) groups is 1. The number of pyridine rings is 1. The fourth-order valence-corrected chi connectivity index (χ4v) is 5.32. The molecule has 0 bridgehead atoms. The molecule has 0 atom stereocenters. The Balaban J connectivity index is 1.61. The molecule has 0 saturated carbocycles. The minimum absolute atomic E-state index is 0.184. The number of benzene rings is 3. The molecule has 0 spiro atoms. The molecule has 1 N–H and O–H groups in total. The van der Waals surface area contributed by atoms with E-state index in [9.17, 15) is 18.3 Å². The topological polar surface area (TPSA) is 102 Å². The molecule has 0 radical (unpaired) electrons. The van der Waals surface area contributed by atoms with Gasteiger partial charge in [-0.2, -0.15) is 0 Å². The van der Waals surface area contributed by atoms with E-state index >= 15 is 0 Å². The van der Waals surface area contributed by atoms with Crippen molar-refractivity contribution in [1.82, 2.24) is 9.55 Å². The van der Waals surface area contributed by atoms with E-state index in [0.717, 1.165) is 11.8 Å². The van der Waals surface area contributed by atoms with Crippen molar-refractivity contribution in [3.05, 3.63) is 94.3 Å². The minimum Gasteiger partial charge on any atom is -0.494 e. The molecule has 0 amide bonds. The first-order chi connectivity index (χ1) is 16.3. The summed E-state index contributed by atoms with van der Waals surface area (Å²) in [4.78, 5) is 22.2. The van der Waals surface area contributed by atoms with Gasteiger partial charge in [0.1, 0.15) is 0 Å². The van der Waals surface area contributed by atoms with Gasteiger partial charge < -0.3 is 5.11 Å². The molecule has 7 nitrogen and oxygen atoms in total. The molecular formula is C25H19N3O4S2. The van der Waals surface area contributed by atoms with E-state index in [0.29, 0.717) is 31.7 Å². The van der Waals surface area contributed by atoms with Gasteiger partial charge in [-0.05, 0) is 29.8 Å². The van der Waals surface area contributed by atoms with Gasteiger partial charge in [-0.1, -0.05) is 59.9 Å². The van der Waals surface area contributed by atoms with Crippen LogP contribution in [0.1, 0.15) is 11.1 Å². The molecule has 170 valence electrons. The van der Waals surface area contributed by atoms with Crippen LogP contribution in [-0.2, 0) is 16.4 Å². The van der Waals surface area contributed by atoms with Crippen molar-refractivity contribution in [3.8, 4) is 5.88 Å². The highest BCUT2D eigenvalue weighted by molar-refractivity contribution is 7.90. The summed E-state index contributed by atoms with van der Waals surface area (Å²) in [7, 11) is -3.33. The van der Waals surface area contributed by atoms with E-state index in [1.165, 1.54) is 28.2 Å². The molecule has 0 aliphatic rings. The van der Waals surface area contributed by atoms with E-state index in [1.807, 2.05) is 30.3 Å². The Bertz CT molecular complexity index is 1740. The first-order valence-electron chi connectivity index (χ1n) is 10.3. The Kier molecular flexibility index (Phi) is 5.51. The summed E-state index contributed by atoms with van der Waals surface area (Å²) in [6.07, 6.45) is 2.65. The minimum atomic E-state index is -3.33. The molecule has 0 aliphatic heterocycles. The van der Waals surface area contributed by atoms with Gasteiger partial charge in [-0.3, -0.25) is 9.36 Å². The molecule has 3 aromatic carbocycles. The predicted molar refractivity (Wildman–Crippen MR) is 135 cm³/mol. The summed E-state index contributed by atoms with van der Waals surface area (Å²) in [6.45, 7) is 0.215. The second-order valence-electron chi connectivity index (χ2n) is 7.82. The molecule has 0 aliphatic carbocycles. The van der Waals surface area contributed by atoms with Crippen LogP contribution in [-0.4, -0.2) is 35.5 Å². The number of aromatic nitrogens is 2. The van der Waals surface area contributed by atoms with Gasteiger partial charge in [0.05, 0.1) is 27.2 Å². The third-order valence-corrected chi connectivity index (χ3v) is 7.49. The lowest BCUT2D eigenvalue weighted by Crippen LogP contribution is -2.22. The fourth-order valence-electron chi connectivity index (χ4n) is 3.75. The average molecular weight is 490 g/mol. The summed E-state index contributed by atoms with van der Waals surface area (Å²) in [5.74, 6) is -0.184. The average Bonchev–Trinajstić information content (AvgIpc) is 3.24. The molecule has 0 unspecified atom stereocenters. The quantitative estimate of drug-likeness (QED) is 0.366. The maximum absolute atomic E-state index is 13.1. The van der Waals surface area contributed by atoms with E-state index < -0.39 is 9.84 Å². The normalized spacial score (nSPS) is 12.1. The first-order valence-corrected chi connectivity index (χ1v) is 13.1. The van der Waals surface area contributed by atoms with Crippen LogP contribution in [0.5, 0.6) is 5.88 Å². The fraction of sp³-hybridized carbons (Fsp3) is 0.0800.